The van der Waals surface area contributed by atoms with Crippen molar-refractivity contribution in [1.29, 1.82) is 0 Å². The number of rotatable bonds is 3. The maximum atomic E-state index is 11.0. The van der Waals surface area contributed by atoms with E-state index in [9.17, 15) is 4.79 Å². The van der Waals surface area contributed by atoms with Crippen LogP contribution in [0.5, 0.6) is 0 Å². The van der Waals surface area contributed by atoms with Crippen molar-refractivity contribution in [2.24, 2.45) is 0 Å². The second-order valence-electron chi connectivity index (χ2n) is 4.54. The Labute approximate surface area is 94.8 Å². The minimum absolute atomic E-state index is 0.0118. The standard InChI is InChI=1S/C13H15NO2/c1-13(2,12(15)16)14-11-8-7-9-5-3-4-6-10(9)11/h3-8,11,14H,1-2H3,(H,15,16)/t11-/m0/s1. The van der Waals surface area contributed by atoms with Crippen molar-refractivity contribution >= 4 is 12.0 Å². The summed E-state index contributed by atoms with van der Waals surface area (Å²) in [6.45, 7) is 3.34. The minimum Gasteiger partial charge on any atom is -0.480 e. The third-order valence-corrected chi connectivity index (χ3v) is 2.85. The molecule has 0 aromatic heterocycles. The molecule has 1 aliphatic rings. The normalized spacial score (nSPS) is 18.5. The summed E-state index contributed by atoms with van der Waals surface area (Å²) in [6.07, 6.45) is 4.01. The van der Waals surface area contributed by atoms with Gasteiger partial charge in [0.1, 0.15) is 5.54 Å². The zero-order valence-electron chi connectivity index (χ0n) is 9.40. The fourth-order valence-corrected chi connectivity index (χ4v) is 1.83. The molecule has 1 aliphatic carbocycles. The van der Waals surface area contributed by atoms with Crippen molar-refractivity contribution in [2.45, 2.75) is 25.4 Å². The van der Waals surface area contributed by atoms with Gasteiger partial charge in [-0.05, 0) is 25.0 Å². The Morgan fingerprint density at radius 2 is 2.06 bits per heavy atom. The molecule has 3 nitrogen and oxygen atoms in total. The van der Waals surface area contributed by atoms with Gasteiger partial charge in [-0.15, -0.1) is 0 Å². The molecule has 2 N–H and O–H groups in total. The topological polar surface area (TPSA) is 49.3 Å². The molecule has 0 aliphatic heterocycles. The number of carboxylic acids is 1. The number of hydrogen-bond donors (Lipinski definition) is 2. The van der Waals surface area contributed by atoms with Crippen LogP contribution in [0.1, 0.15) is 31.0 Å². The SMILES string of the molecule is CC(C)(N[C@H]1C=Cc2ccccc21)C(=O)O. The molecule has 0 amide bonds. The summed E-state index contributed by atoms with van der Waals surface area (Å²) in [6, 6.07) is 7.98. The Morgan fingerprint density at radius 1 is 1.38 bits per heavy atom. The van der Waals surface area contributed by atoms with Crippen LogP contribution in [0.2, 0.25) is 0 Å². The molecule has 0 spiro atoms. The average molecular weight is 217 g/mol. The molecule has 0 unspecified atom stereocenters. The van der Waals surface area contributed by atoms with Gasteiger partial charge >= 0.3 is 5.97 Å². The largest absolute Gasteiger partial charge is 0.480 e. The quantitative estimate of drug-likeness (QED) is 0.816. The molecule has 0 heterocycles. The number of carboxylic acid groups (broad SMARTS) is 1. The van der Waals surface area contributed by atoms with Crippen molar-refractivity contribution in [3.63, 3.8) is 0 Å². The summed E-state index contributed by atoms with van der Waals surface area (Å²) >= 11 is 0. The van der Waals surface area contributed by atoms with Crippen molar-refractivity contribution in [1.82, 2.24) is 5.32 Å². The molecule has 1 aromatic carbocycles. The molecule has 0 saturated heterocycles. The number of fused-ring (bicyclic) bond motifs is 1. The van der Waals surface area contributed by atoms with Crippen LogP contribution in [0.4, 0.5) is 0 Å². The van der Waals surface area contributed by atoms with Gasteiger partial charge in [0.25, 0.3) is 0 Å². The minimum atomic E-state index is -0.924. The highest BCUT2D eigenvalue weighted by Crippen LogP contribution is 2.29. The summed E-state index contributed by atoms with van der Waals surface area (Å²) in [7, 11) is 0. The molecular formula is C13H15NO2. The van der Waals surface area contributed by atoms with Crippen LogP contribution in [-0.4, -0.2) is 16.6 Å². The molecule has 84 valence electrons. The molecule has 1 aromatic rings. The van der Waals surface area contributed by atoms with Gasteiger partial charge in [0.15, 0.2) is 0 Å². The fourth-order valence-electron chi connectivity index (χ4n) is 1.83. The van der Waals surface area contributed by atoms with Crippen LogP contribution < -0.4 is 5.32 Å². The fraction of sp³-hybridized carbons (Fsp3) is 0.308. The number of carbonyl (C=O) groups is 1. The highest BCUT2D eigenvalue weighted by molar-refractivity contribution is 5.78. The lowest BCUT2D eigenvalue weighted by Crippen LogP contribution is -2.47. The highest BCUT2D eigenvalue weighted by Gasteiger charge is 2.31. The van der Waals surface area contributed by atoms with E-state index in [4.69, 9.17) is 5.11 Å². The highest BCUT2D eigenvalue weighted by atomic mass is 16.4. The molecule has 0 fully saturated rings. The zero-order chi connectivity index (χ0) is 11.8. The third kappa shape index (κ3) is 1.86. The summed E-state index contributed by atoms with van der Waals surface area (Å²) in [5.41, 5.74) is 1.37. The number of hydrogen-bond acceptors (Lipinski definition) is 2. The molecule has 3 heteroatoms. The second-order valence-corrected chi connectivity index (χ2v) is 4.54. The van der Waals surface area contributed by atoms with E-state index in [-0.39, 0.29) is 6.04 Å². The Balaban J connectivity index is 2.21. The smallest absolute Gasteiger partial charge is 0.323 e. The van der Waals surface area contributed by atoms with Crippen LogP contribution in [0.15, 0.2) is 30.3 Å². The lowest BCUT2D eigenvalue weighted by atomic mass is 10.0. The lowest BCUT2D eigenvalue weighted by molar-refractivity contribution is -0.143. The van der Waals surface area contributed by atoms with Gasteiger partial charge in [-0.3, -0.25) is 10.1 Å². The number of aliphatic carboxylic acids is 1. The first-order valence-corrected chi connectivity index (χ1v) is 5.29. The van der Waals surface area contributed by atoms with E-state index in [1.54, 1.807) is 13.8 Å². The van der Waals surface area contributed by atoms with Crippen molar-refractivity contribution in [2.75, 3.05) is 0 Å². The second kappa shape index (κ2) is 3.76. The monoisotopic (exact) mass is 217 g/mol. The maximum Gasteiger partial charge on any atom is 0.323 e. The Morgan fingerprint density at radius 3 is 2.75 bits per heavy atom. The van der Waals surface area contributed by atoms with Gasteiger partial charge in [0, 0.05) is 0 Å². The van der Waals surface area contributed by atoms with E-state index in [0.717, 1.165) is 11.1 Å². The van der Waals surface area contributed by atoms with E-state index in [1.165, 1.54) is 0 Å². The first kappa shape index (κ1) is 10.9. The Bertz CT molecular complexity index is 449. The number of benzene rings is 1. The van der Waals surface area contributed by atoms with E-state index >= 15 is 0 Å². The van der Waals surface area contributed by atoms with E-state index in [0.29, 0.717) is 0 Å². The van der Waals surface area contributed by atoms with Gasteiger partial charge < -0.3 is 5.11 Å². The maximum absolute atomic E-state index is 11.0. The zero-order valence-corrected chi connectivity index (χ0v) is 9.40. The van der Waals surface area contributed by atoms with Gasteiger partial charge in [-0.2, -0.15) is 0 Å². The van der Waals surface area contributed by atoms with Gasteiger partial charge in [0.2, 0.25) is 0 Å². The predicted molar refractivity (Wildman–Crippen MR) is 63.1 cm³/mol. The molecule has 0 bridgehead atoms. The molecule has 1 atom stereocenters. The van der Waals surface area contributed by atoms with Gasteiger partial charge in [-0.25, -0.2) is 0 Å². The van der Waals surface area contributed by atoms with Crippen LogP contribution in [0, 0.1) is 0 Å². The van der Waals surface area contributed by atoms with Crippen LogP contribution in [0.25, 0.3) is 6.08 Å². The summed E-state index contributed by atoms with van der Waals surface area (Å²) in [5, 5.41) is 12.2. The summed E-state index contributed by atoms with van der Waals surface area (Å²) in [5.74, 6) is -0.842. The molecule has 0 radical (unpaired) electrons. The lowest BCUT2D eigenvalue weighted by Gasteiger charge is -2.25. The van der Waals surface area contributed by atoms with E-state index < -0.39 is 11.5 Å². The van der Waals surface area contributed by atoms with Crippen LogP contribution >= 0.6 is 0 Å². The summed E-state index contributed by atoms with van der Waals surface area (Å²) < 4.78 is 0. The van der Waals surface area contributed by atoms with E-state index in [1.807, 2.05) is 36.4 Å². The van der Waals surface area contributed by atoms with Crippen molar-refractivity contribution in [3.8, 4) is 0 Å². The van der Waals surface area contributed by atoms with Crippen LogP contribution in [0.3, 0.4) is 0 Å². The van der Waals surface area contributed by atoms with Gasteiger partial charge in [0.05, 0.1) is 6.04 Å². The van der Waals surface area contributed by atoms with E-state index in [2.05, 4.69) is 5.32 Å². The van der Waals surface area contributed by atoms with Gasteiger partial charge in [-0.1, -0.05) is 36.4 Å². The average Bonchev–Trinajstić information content (AvgIpc) is 2.61. The van der Waals surface area contributed by atoms with Crippen LogP contribution in [-0.2, 0) is 4.79 Å². The molecule has 2 rings (SSSR count). The summed E-state index contributed by atoms with van der Waals surface area (Å²) in [4.78, 5) is 11.0. The third-order valence-electron chi connectivity index (χ3n) is 2.85. The van der Waals surface area contributed by atoms with Crippen molar-refractivity contribution in [3.05, 3.63) is 41.5 Å². The first-order valence-electron chi connectivity index (χ1n) is 5.29. The first-order chi connectivity index (χ1) is 7.50. The Kier molecular flexibility index (Phi) is 2.56. The molecular weight excluding hydrogens is 202 g/mol. The number of nitrogens with one attached hydrogen (secondary N) is 1. The Hall–Kier alpha value is -1.61. The van der Waals surface area contributed by atoms with Crippen molar-refractivity contribution < 1.29 is 9.90 Å². The molecule has 0 saturated carbocycles. The molecule has 16 heavy (non-hydrogen) atoms. The predicted octanol–water partition coefficient (Wildman–Crippen LogP) is 2.21.